The quantitative estimate of drug-likeness (QED) is 0.565. The second-order valence-corrected chi connectivity index (χ2v) is 6.83. The van der Waals surface area contributed by atoms with E-state index in [9.17, 15) is 19.2 Å². The topological polar surface area (TPSA) is 96.0 Å². The van der Waals surface area contributed by atoms with Gasteiger partial charge in [-0.2, -0.15) is 0 Å². The standard InChI is InChI=1S/C17H27N3O5/c1-4-17(5-2)15(23)20(16(24)18-17)10-14(22)25-11-13(21)19-8-6-12(3)7-9-19/h12H,4-11H2,1-3H3,(H,18,24). The van der Waals surface area contributed by atoms with Crippen LogP contribution in [0.4, 0.5) is 4.79 Å². The molecule has 0 unspecified atom stereocenters. The summed E-state index contributed by atoms with van der Waals surface area (Å²) in [4.78, 5) is 50.9. The lowest BCUT2D eigenvalue weighted by Gasteiger charge is -2.30. The van der Waals surface area contributed by atoms with Crippen LogP contribution in [0.3, 0.4) is 0 Å². The number of imide groups is 1. The van der Waals surface area contributed by atoms with Gasteiger partial charge in [0.05, 0.1) is 0 Å². The number of amides is 4. The molecule has 2 heterocycles. The molecular weight excluding hydrogens is 326 g/mol. The van der Waals surface area contributed by atoms with Crippen LogP contribution in [0.25, 0.3) is 0 Å². The third kappa shape index (κ3) is 4.11. The van der Waals surface area contributed by atoms with Gasteiger partial charge in [0.2, 0.25) is 0 Å². The Morgan fingerprint density at radius 1 is 1.20 bits per heavy atom. The molecule has 0 atom stereocenters. The van der Waals surface area contributed by atoms with Crippen molar-refractivity contribution < 1.29 is 23.9 Å². The molecule has 0 saturated carbocycles. The molecule has 0 aromatic heterocycles. The Balaban J connectivity index is 1.83. The molecular formula is C17H27N3O5. The molecule has 25 heavy (non-hydrogen) atoms. The van der Waals surface area contributed by atoms with Crippen LogP contribution in [0.1, 0.15) is 46.5 Å². The molecule has 2 fully saturated rings. The van der Waals surface area contributed by atoms with Gasteiger partial charge in [0.25, 0.3) is 11.8 Å². The molecule has 2 rings (SSSR count). The fourth-order valence-electron chi connectivity index (χ4n) is 3.22. The molecule has 140 valence electrons. The summed E-state index contributed by atoms with van der Waals surface area (Å²) in [6.07, 6.45) is 2.79. The van der Waals surface area contributed by atoms with Gasteiger partial charge in [-0.05, 0) is 31.6 Å². The average Bonchev–Trinajstić information content (AvgIpc) is 2.85. The maximum absolute atomic E-state index is 12.4. The van der Waals surface area contributed by atoms with Crippen LogP contribution >= 0.6 is 0 Å². The van der Waals surface area contributed by atoms with Crippen molar-refractivity contribution in [3.63, 3.8) is 0 Å². The third-order valence-electron chi connectivity index (χ3n) is 5.23. The van der Waals surface area contributed by atoms with Gasteiger partial charge in [0.15, 0.2) is 6.61 Å². The number of nitrogens with zero attached hydrogens (tertiary/aromatic N) is 2. The van der Waals surface area contributed by atoms with E-state index in [1.807, 2.05) is 13.8 Å². The van der Waals surface area contributed by atoms with E-state index in [0.29, 0.717) is 31.8 Å². The minimum Gasteiger partial charge on any atom is -0.454 e. The Morgan fingerprint density at radius 2 is 1.80 bits per heavy atom. The minimum atomic E-state index is -0.947. The lowest BCUT2D eigenvalue weighted by atomic mass is 9.93. The number of ether oxygens (including phenoxy) is 1. The number of esters is 1. The van der Waals surface area contributed by atoms with Gasteiger partial charge in [-0.25, -0.2) is 4.79 Å². The second kappa shape index (κ2) is 7.84. The first kappa shape index (κ1) is 19.2. The lowest BCUT2D eigenvalue weighted by molar-refractivity contribution is -0.154. The van der Waals surface area contributed by atoms with Gasteiger partial charge >= 0.3 is 12.0 Å². The highest BCUT2D eigenvalue weighted by Crippen LogP contribution is 2.24. The highest BCUT2D eigenvalue weighted by Gasteiger charge is 2.49. The van der Waals surface area contributed by atoms with E-state index in [0.717, 1.165) is 17.7 Å². The molecule has 4 amide bonds. The van der Waals surface area contributed by atoms with Gasteiger partial charge in [-0.1, -0.05) is 20.8 Å². The van der Waals surface area contributed by atoms with E-state index in [2.05, 4.69) is 12.2 Å². The number of piperidine rings is 1. The van der Waals surface area contributed by atoms with Crippen molar-refractivity contribution in [2.24, 2.45) is 5.92 Å². The maximum atomic E-state index is 12.4. The predicted molar refractivity (Wildman–Crippen MR) is 89.5 cm³/mol. The van der Waals surface area contributed by atoms with Crippen LogP contribution in [-0.2, 0) is 19.1 Å². The van der Waals surface area contributed by atoms with Gasteiger partial charge < -0.3 is 15.0 Å². The predicted octanol–water partition coefficient (Wildman–Crippen LogP) is 0.899. The molecule has 0 aromatic carbocycles. The Labute approximate surface area is 147 Å². The van der Waals surface area contributed by atoms with E-state index in [-0.39, 0.29) is 12.5 Å². The molecule has 2 saturated heterocycles. The number of urea groups is 1. The molecule has 2 aliphatic heterocycles. The van der Waals surface area contributed by atoms with E-state index < -0.39 is 30.0 Å². The SMILES string of the molecule is CCC1(CC)NC(=O)N(CC(=O)OCC(=O)N2CCC(C)CC2)C1=O. The van der Waals surface area contributed by atoms with Crippen molar-refractivity contribution in [3.05, 3.63) is 0 Å². The number of nitrogens with one attached hydrogen (secondary N) is 1. The lowest BCUT2D eigenvalue weighted by Crippen LogP contribution is -2.46. The molecule has 0 bridgehead atoms. The summed E-state index contributed by atoms with van der Waals surface area (Å²) in [6.45, 7) is 6.26. The Morgan fingerprint density at radius 3 is 2.32 bits per heavy atom. The maximum Gasteiger partial charge on any atom is 0.326 e. The molecule has 0 radical (unpaired) electrons. The number of carbonyl (C=O) groups is 4. The molecule has 8 heteroatoms. The zero-order chi connectivity index (χ0) is 18.6. The van der Waals surface area contributed by atoms with E-state index in [4.69, 9.17) is 4.74 Å². The fraction of sp³-hybridized carbons (Fsp3) is 0.765. The molecule has 8 nitrogen and oxygen atoms in total. The van der Waals surface area contributed by atoms with E-state index >= 15 is 0 Å². The van der Waals surface area contributed by atoms with Crippen LogP contribution in [0.15, 0.2) is 0 Å². The normalized spacial score (nSPS) is 20.6. The smallest absolute Gasteiger partial charge is 0.326 e. The van der Waals surface area contributed by atoms with Crippen LogP contribution in [-0.4, -0.2) is 65.4 Å². The second-order valence-electron chi connectivity index (χ2n) is 6.83. The van der Waals surface area contributed by atoms with Crippen molar-refractivity contribution in [2.75, 3.05) is 26.2 Å². The molecule has 2 aliphatic rings. The van der Waals surface area contributed by atoms with Crippen LogP contribution in [0, 0.1) is 5.92 Å². The molecule has 0 spiro atoms. The zero-order valence-electron chi connectivity index (χ0n) is 15.2. The van der Waals surface area contributed by atoms with Crippen LogP contribution < -0.4 is 5.32 Å². The summed E-state index contributed by atoms with van der Waals surface area (Å²) in [5, 5.41) is 2.65. The highest BCUT2D eigenvalue weighted by molar-refractivity contribution is 6.08. The van der Waals surface area contributed by atoms with Crippen molar-refractivity contribution in [1.82, 2.24) is 15.1 Å². The third-order valence-corrected chi connectivity index (χ3v) is 5.23. The largest absolute Gasteiger partial charge is 0.454 e. The van der Waals surface area contributed by atoms with Crippen LogP contribution in [0.2, 0.25) is 0 Å². The Hall–Kier alpha value is -2.12. The monoisotopic (exact) mass is 353 g/mol. The zero-order valence-corrected chi connectivity index (χ0v) is 15.2. The summed E-state index contributed by atoms with van der Waals surface area (Å²) in [7, 11) is 0. The number of hydrogen-bond donors (Lipinski definition) is 1. The van der Waals surface area contributed by atoms with Crippen molar-refractivity contribution in [3.8, 4) is 0 Å². The van der Waals surface area contributed by atoms with Crippen molar-refractivity contribution in [2.45, 2.75) is 52.0 Å². The molecule has 0 aromatic rings. The fourth-order valence-corrected chi connectivity index (χ4v) is 3.22. The first-order chi connectivity index (χ1) is 11.8. The summed E-state index contributed by atoms with van der Waals surface area (Å²) >= 11 is 0. The molecule has 0 aliphatic carbocycles. The summed E-state index contributed by atoms with van der Waals surface area (Å²) in [5.74, 6) is -0.821. The summed E-state index contributed by atoms with van der Waals surface area (Å²) in [6, 6.07) is -0.595. The highest BCUT2D eigenvalue weighted by atomic mass is 16.5. The minimum absolute atomic E-state index is 0.242. The average molecular weight is 353 g/mol. The van der Waals surface area contributed by atoms with Crippen molar-refractivity contribution >= 4 is 23.8 Å². The van der Waals surface area contributed by atoms with E-state index in [1.165, 1.54) is 0 Å². The van der Waals surface area contributed by atoms with E-state index in [1.54, 1.807) is 4.90 Å². The number of rotatable bonds is 6. The number of likely N-dealkylation sites (tertiary alicyclic amines) is 1. The summed E-state index contributed by atoms with van der Waals surface area (Å²) < 4.78 is 4.97. The first-order valence-electron chi connectivity index (χ1n) is 8.90. The van der Waals surface area contributed by atoms with Gasteiger partial charge in [-0.15, -0.1) is 0 Å². The Kier molecular flexibility index (Phi) is 6.02. The number of carbonyl (C=O) groups excluding carboxylic acids is 4. The summed E-state index contributed by atoms with van der Waals surface area (Å²) in [5.41, 5.74) is -0.947. The number of hydrogen-bond acceptors (Lipinski definition) is 5. The molecule has 1 N–H and O–H groups in total. The van der Waals surface area contributed by atoms with Gasteiger partial charge in [0, 0.05) is 13.1 Å². The Bertz CT molecular complexity index is 550. The first-order valence-corrected chi connectivity index (χ1v) is 8.90. The van der Waals surface area contributed by atoms with Gasteiger partial charge in [0.1, 0.15) is 12.1 Å². The van der Waals surface area contributed by atoms with Gasteiger partial charge in [-0.3, -0.25) is 19.3 Å². The van der Waals surface area contributed by atoms with Crippen LogP contribution in [0.5, 0.6) is 0 Å². The van der Waals surface area contributed by atoms with Crippen molar-refractivity contribution in [1.29, 1.82) is 0 Å².